The van der Waals surface area contributed by atoms with Gasteiger partial charge in [-0.1, -0.05) is 0 Å². The van der Waals surface area contributed by atoms with Gasteiger partial charge < -0.3 is 5.32 Å². The molecule has 2 heterocycles. The van der Waals surface area contributed by atoms with Gasteiger partial charge in [-0.15, -0.1) is 11.3 Å². The van der Waals surface area contributed by atoms with Gasteiger partial charge in [0.05, 0.1) is 15.4 Å². The highest BCUT2D eigenvalue weighted by Crippen LogP contribution is 1.80. The van der Waals surface area contributed by atoms with E-state index in [-0.39, 0.29) is 0 Å². The number of hydrogen-bond acceptors (Lipinski definition) is 3. The Morgan fingerprint density at radius 1 is 1.50 bits per heavy atom. The highest BCUT2D eigenvalue weighted by Gasteiger charge is 1.87. The van der Waals surface area contributed by atoms with Crippen molar-refractivity contribution in [1.29, 1.82) is 0 Å². The fraction of sp³-hybridized carbons (Fsp3) is 0. The Kier molecular flexibility index (Phi) is 1.29. The van der Waals surface area contributed by atoms with E-state index in [4.69, 9.17) is 0 Å². The number of allylic oxidation sites excluding steroid dienone is 1. The van der Waals surface area contributed by atoms with Crippen molar-refractivity contribution in [3.63, 3.8) is 0 Å². The lowest BCUT2D eigenvalue weighted by molar-refractivity contribution is 1.23. The second kappa shape index (κ2) is 2.27. The standard InChI is InChI=1S/C7H6N2S/c1-2-7-6(4-8-3-1)9-5-10-7/h1-5,8H. The molecule has 0 fully saturated rings. The summed E-state index contributed by atoms with van der Waals surface area (Å²) in [7, 11) is 0. The van der Waals surface area contributed by atoms with Crippen molar-refractivity contribution in [2.45, 2.75) is 0 Å². The first-order valence-electron chi connectivity index (χ1n) is 2.99. The molecule has 0 bridgehead atoms. The number of fused-ring (bicyclic) bond motifs is 1. The zero-order valence-corrected chi connectivity index (χ0v) is 6.06. The van der Waals surface area contributed by atoms with Crippen LogP contribution in [-0.2, 0) is 0 Å². The molecule has 1 aliphatic rings. The van der Waals surface area contributed by atoms with Crippen LogP contribution in [0.1, 0.15) is 0 Å². The lowest BCUT2D eigenvalue weighted by Crippen LogP contribution is -2.21. The monoisotopic (exact) mass is 150 g/mol. The molecule has 0 atom stereocenters. The third kappa shape index (κ3) is 0.844. The van der Waals surface area contributed by atoms with E-state index >= 15 is 0 Å². The summed E-state index contributed by atoms with van der Waals surface area (Å²) in [4.78, 5) is 4.15. The summed E-state index contributed by atoms with van der Waals surface area (Å²) < 4.78 is 1.21. The Morgan fingerprint density at radius 2 is 2.50 bits per heavy atom. The largest absolute Gasteiger partial charge is 0.366 e. The average Bonchev–Trinajstić information content (AvgIpc) is 2.28. The first-order valence-corrected chi connectivity index (χ1v) is 3.87. The Balaban J connectivity index is 2.82. The van der Waals surface area contributed by atoms with E-state index in [1.807, 2.05) is 30.1 Å². The minimum absolute atomic E-state index is 1.02. The molecule has 0 amide bonds. The van der Waals surface area contributed by atoms with E-state index in [0.29, 0.717) is 0 Å². The summed E-state index contributed by atoms with van der Waals surface area (Å²) in [6.45, 7) is 0. The van der Waals surface area contributed by atoms with Crippen molar-refractivity contribution < 1.29 is 0 Å². The summed E-state index contributed by atoms with van der Waals surface area (Å²) in [5.41, 5.74) is 1.85. The molecule has 2 rings (SSSR count). The second-order valence-electron chi connectivity index (χ2n) is 1.94. The molecule has 2 nitrogen and oxygen atoms in total. The highest BCUT2D eigenvalue weighted by molar-refractivity contribution is 7.07. The van der Waals surface area contributed by atoms with Crippen molar-refractivity contribution in [3.05, 3.63) is 27.7 Å². The Morgan fingerprint density at radius 3 is 3.50 bits per heavy atom. The van der Waals surface area contributed by atoms with Crippen LogP contribution in [0.5, 0.6) is 0 Å². The van der Waals surface area contributed by atoms with E-state index in [0.717, 1.165) is 5.35 Å². The second-order valence-corrected chi connectivity index (χ2v) is 2.82. The third-order valence-electron chi connectivity index (χ3n) is 1.28. The molecule has 0 aromatic carbocycles. The molecule has 1 aromatic heterocycles. The lowest BCUT2D eigenvalue weighted by Gasteiger charge is -1.80. The molecule has 50 valence electrons. The van der Waals surface area contributed by atoms with Crippen molar-refractivity contribution in [3.8, 4) is 0 Å². The predicted octanol–water partition coefficient (Wildman–Crippen LogP) is -0.222. The molecule has 0 unspecified atom stereocenters. The Bertz CT molecular complexity index is 361. The van der Waals surface area contributed by atoms with Crippen LogP contribution in [0.4, 0.5) is 0 Å². The van der Waals surface area contributed by atoms with Crippen LogP contribution in [-0.4, -0.2) is 4.98 Å². The summed E-state index contributed by atoms with van der Waals surface area (Å²) in [6, 6.07) is 0. The zero-order valence-electron chi connectivity index (χ0n) is 5.24. The molecule has 1 N–H and O–H groups in total. The molecule has 10 heavy (non-hydrogen) atoms. The number of rotatable bonds is 0. The van der Waals surface area contributed by atoms with E-state index in [1.54, 1.807) is 11.3 Å². The molecule has 0 saturated carbocycles. The first kappa shape index (κ1) is 5.68. The molecule has 1 aromatic rings. The Labute approximate surface area is 62.2 Å². The smallest absolute Gasteiger partial charge is 0.0971 e. The Hall–Kier alpha value is -1.09. The molecular weight excluding hydrogens is 144 g/mol. The van der Waals surface area contributed by atoms with E-state index < -0.39 is 0 Å². The van der Waals surface area contributed by atoms with Gasteiger partial charge >= 0.3 is 0 Å². The SMILES string of the molecule is C1=CNC=c2ncsc2=C1. The fourth-order valence-corrected chi connectivity index (χ4v) is 1.48. The molecule has 1 aliphatic heterocycles. The van der Waals surface area contributed by atoms with Gasteiger partial charge in [-0.05, 0) is 12.2 Å². The van der Waals surface area contributed by atoms with E-state index in [1.165, 1.54) is 4.53 Å². The molecule has 0 saturated heterocycles. The van der Waals surface area contributed by atoms with Crippen molar-refractivity contribution in [2.24, 2.45) is 0 Å². The molecule has 0 aliphatic carbocycles. The summed E-state index contributed by atoms with van der Waals surface area (Å²) in [5, 5.41) is 4.02. The maximum atomic E-state index is 4.15. The van der Waals surface area contributed by atoms with Gasteiger partial charge in [-0.2, -0.15) is 0 Å². The third-order valence-corrected chi connectivity index (χ3v) is 2.09. The van der Waals surface area contributed by atoms with E-state index in [2.05, 4.69) is 10.3 Å². The highest BCUT2D eigenvalue weighted by atomic mass is 32.1. The predicted molar refractivity (Wildman–Crippen MR) is 42.6 cm³/mol. The number of thiazole rings is 1. The first-order chi connectivity index (χ1) is 4.97. The van der Waals surface area contributed by atoms with Crippen LogP contribution in [0.2, 0.25) is 0 Å². The fourth-order valence-electron chi connectivity index (χ4n) is 0.815. The summed E-state index contributed by atoms with van der Waals surface area (Å²) in [6.07, 6.45) is 7.80. The number of hydrogen-bond donors (Lipinski definition) is 1. The van der Waals surface area contributed by atoms with Gasteiger partial charge in [0.25, 0.3) is 0 Å². The zero-order chi connectivity index (χ0) is 6.81. The normalized spacial score (nSPS) is 14.0. The van der Waals surface area contributed by atoms with Gasteiger partial charge in [0.15, 0.2) is 0 Å². The maximum absolute atomic E-state index is 4.15. The van der Waals surface area contributed by atoms with Crippen LogP contribution in [0.3, 0.4) is 0 Å². The maximum Gasteiger partial charge on any atom is 0.0971 e. The molecule has 3 heteroatoms. The van der Waals surface area contributed by atoms with Crippen LogP contribution in [0, 0.1) is 0 Å². The van der Waals surface area contributed by atoms with Crippen LogP contribution in [0.25, 0.3) is 12.3 Å². The van der Waals surface area contributed by atoms with Gasteiger partial charge in [-0.25, -0.2) is 4.98 Å². The van der Waals surface area contributed by atoms with Gasteiger partial charge in [0.2, 0.25) is 0 Å². The van der Waals surface area contributed by atoms with Crippen LogP contribution < -0.4 is 15.2 Å². The van der Waals surface area contributed by atoms with Gasteiger partial charge in [0, 0.05) is 12.4 Å². The van der Waals surface area contributed by atoms with Crippen molar-refractivity contribution in [2.75, 3.05) is 0 Å². The average molecular weight is 150 g/mol. The minimum Gasteiger partial charge on any atom is -0.366 e. The quantitative estimate of drug-likeness (QED) is 0.553. The van der Waals surface area contributed by atoms with Crippen molar-refractivity contribution >= 4 is 23.6 Å². The van der Waals surface area contributed by atoms with Crippen molar-refractivity contribution in [1.82, 2.24) is 10.3 Å². The van der Waals surface area contributed by atoms with Crippen LogP contribution >= 0.6 is 11.3 Å². The minimum atomic E-state index is 1.02. The molecule has 0 radical (unpaired) electrons. The topological polar surface area (TPSA) is 24.9 Å². The van der Waals surface area contributed by atoms with Gasteiger partial charge in [0.1, 0.15) is 0 Å². The number of aromatic nitrogens is 1. The lowest BCUT2D eigenvalue weighted by atomic mass is 10.5. The summed E-state index contributed by atoms with van der Waals surface area (Å²) in [5.74, 6) is 0. The number of nitrogens with zero attached hydrogens (tertiary/aromatic N) is 1. The van der Waals surface area contributed by atoms with Gasteiger partial charge in [-0.3, -0.25) is 0 Å². The van der Waals surface area contributed by atoms with E-state index in [9.17, 15) is 0 Å². The molecular formula is C7H6N2S. The van der Waals surface area contributed by atoms with Crippen LogP contribution in [0.15, 0.2) is 17.8 Å². The summed E-state index contributed by atoms with van der Waals surface area (Å²) >= 11 is 1.65. The molecule has 0 spiro atoms. The number of nitrogens with one attached hydrogen (secondary N) is 1.